The molecule has 0 spiro atoms. The van der Waals surface area contributed by atoms with E-state index in [1.807, 2.05) is 17.0 Å². The van der Waals surface area contributed by atoms with E-state index in [0.29, 0.717) is 17.5 Å². The third-order valence-corrected chi connectivity index (χ3v) is 5.40. The van der Waals surface area contributed by atoms with Crippen LogP contribution in [-0.4, -0.2) is 52.2 Å². The van der Waals surface area contributed by atoms with E-state index in [1.165, 1.54) is 0 Å². The van der Waals surface area contributed by atoms with E-state index in [2.05, 4.69) is 53.0 Å². The molecule has 2 aliphatic rings. The van der Waals surface area contributed by atoms with Crippen LogP contribution in [0.25, 0.3) is 0 Å². The molecule has 0 bridgehead atoms. The van der Waals surface area contributed by atoms with Crippen LogP contribution in [0.2, 0.25) is 0 Å². The number of carbonyl (C=O) groups is 1. The molecule has 6 nitrogen and oxygen atoms in total. The second-order valence-corrected chi connectivity index (χ2v) is 8.38. The van der Waals surface area contributed by atoms with Crippen LogP contribution in [0.15, 0.2) is 36.5 Å². The maximum Gasteiger partial charge on any atom is 0.272 e. The van der Waals surface area contributed by atoms with E-state index in [0.717, 1.165) is 37.7 Å². The van der Waals surface area contributed by atoms with Gasteiger partial charge in [-0.25, -0.2) is 0 Å². The van der Waals surface area contributed by atoms with Crippen LogP contribution < -0.4 is 4.90 Å². The summed E-state index contributed by atoms with van der Waals surface area (Å²) in [5.41, 5.74) is 1.56. The summed E-state index contributed by atoms with van der Waals surface area (Å²) in [4.78, 5) is 21.0. The monoisotopic (exact) mass is 351 g/mol. The summed E-state index contributed by atoms with van der Waals surface area (Å²) in [7, 11) is 0. The highest BCUT2D eigenvalue weighted by atomic mass is 16.2. The number of amides is 1. The zero-order valence-electron chi connectivity index (χ0n) is 15.6. The number of anilines is 1. The van der Waals surface area contributed by atoms with Gasteiger partial charge in [0.2, 0.25) is 0 Å². The third-order valence-electron chi connectivity index (χ3n) is 5.40. The summed E-state index contributed by atoms with van der Waals surface area (Å²) in [6.45, 7) is 9.88. The van der Waals surface area contributed by atoms with Gasteiger partial charge in [-0.2, -0.15) is 5.10 Å². The van der Waals surface area contributed by atoms with E-state index in [1.54, 1.807) is 12.3 Å². The minimum Gasteiger partial charge on any atom is -0.354 e. The van der Waals surface area contributed by atoms with Crippen molar-refractivity contribution in [2.75, 3.05) is 31.1 Å². The molecule has 0 aromatic carbocycles. The lowest BCUT2D eigenvalue weighted by Crippen LogP contribution is -2.34. The van der Waals surface area contributed by atoms with Crippen LogP contribution in [0.5, 0.6) is 0 Å². The molecule has 4 rings (SSSR count). The van der Waals surface area contributed by atoms with Crippen molar-refractivity contribution in [2.45, 2.75) is 26.2 Å². The van der Waals surface area contributed by atoms with E-state index in [-0.39, 0.29) is 11.3 Å². The van der Waals surface area contributed by atoms with E-state index < -0.39 is 0 Å². The summed E-state index contributed by atoms with van der Waals surface area (Å²) < 4.78 is 0. The number of pyridine rings is 1. The first-order valence-electron chi connectivity index (χ1n) is 9.21. The molecule has 2 aliphatic heterocycles. The fourth-order valence-corrected chi connectivity index (χ4v) is 3.89. The molecule has 2 saturated heterocycles. The fourth-order valence-electron chi connectivity index (χ4n) is 3.89. The topological polar surface area (TPSA) is 62.2 Å². The summed E-state index contributed by atoms with van der Waals surface area (Å²) in [6.07, 6.45) is 1.67. The van der Waals surface area contributed by atoms with Gasteiger partial charge >= 0.3 is 0 Å². The molecule has 4 heterocycles. The second kappa shape index (κ2) is 6.34. The summed E-state index contributed by atoms with van der Waals surface area (Å²) in [5, 5.41) is 8.85. The smallest absolute Gasteiger partial charge is 0.272 e. The number of aromatic nitrogens is 3. The number of likely N-dealkylation sites (tertiary alicyclic amines) is 1. The van der Waals surface area contributed by atoms with Gasteiger partial charge in [0, 0.05) is 49.6 Å². The molecule has 0 radical (unpaired) electrons. The number of rotatable bonds is 2. The first-order chi connectivity index (χ1) is 12.4. The summed E-state index contributed by atoms with van der Waals surface area (Å²) in [6, 6.07) is 9.63. The zero-order chi connectivity index (χ0) is 18.3. The Bertz CT molecular complexity index is 770. The Kier molecular flexibility index (Phi) is 4.13. The summed E-state index contributed by atoms with van der Waals surface area (Å²) >= 11 is 0. The SMILES string of the molecule is CC(C)(C)c1ccc(N2CC3CN(C(=O)c4ccccn4)CC3C2)nn1. The minimum atomic E-state index is 0.0133. The van der Waals surface area contributed by atoms with Gasteiger partial charge in [-0.3, -0.25) is 9.78 Å². The summed E-state index contributed by atoms with van der Waals surface area (Å²) in [5.74, 6) is 1.97. The van der Waals surface area contributed by atoms with Crippen LogP contribution in [0, 0.1) is 11.8 Å². The van der Waals surface area contributed by atoms with Crippen molar-refractivity contribution in [1.29, 1.82) is 0 Å². The average Bonchev–Trinajstić information content (AvgIpc) is 3.20. The maximum atomic E-state index is 12.6. The van der Waals surface area contributed by atoms with Crippen molar-refractivity contribution in [1.82, 2.24) is 20.1 Å². The maximum absolute atomic E-state index is 12.6. The Morgan fingerprint density at radius 1 is 1.00 bits per heavy atom. The number of nitrogens with zero attached hydrogens (tertiary/aromatic N) is 5. The molecule has 2 aromatic heterocycles. The molecule has 2 fully saturated rings. The van der Waals surface area contributed by atoms with Gasteiger partial charge < -0.3 is 9.80 Å². The predicted molar refractivity (Wildman–Crippen MR) is 100 cm³/mol. The number of hydrogen-bond acceptors (Lipinski definition) is 5. The molecule has 0 N–H and O–H groups in total. The molecule has 136 valence electrons. The molecule has 26 heavy (non-hydrogen) atoms. The lowest BCUT2D eigenvalue weighted by molar-refractivity contribution is 0.0777. The zero-order valence-corrected chi connectivity index (χ0v) is 15.6. The molecular weight excluding hydrogens is 326 g/mol. The second-order valence-electron chi connectivity index (χ2n) is 8.38. The number of carbonyl (C=O) groups excluding carboxylic acids is 1. The van der Waals surface area contributed by atoms with Crippen molar-refractivity contribution in [2.24, 2.45) is 11.8 Å². The molecule has 6 heteroatoms. The van der Waals surface area contributed by atoms with Gasteiger partial charge in [-0.1, -0.05) is 26.8 Å². The number of fused-ring (bicyclic) bond motifs is 1. The van der Waals surface area contributed by atoms with Gasteiger partial charge in [0.25, 0.3) is 5.91 Å². The van der Waals surface area contributed by atoms with Crippen LogP contribution in [0.1, 0.15) is 37.0 Å². The molecular formula is C20H25N5O. The Labute approximate surface area is 154 Å². The van der Waals surface area contributed by atoms with Crippen molar-refractivity contribution >= 4 is 11.7 Å². The molecule has 0 saturated carbocycles. The Morgan fingerprint density at radius 2 is 1.73 bits per heavy atom. The normalized spacial score (nSPS) is 22.6. The average molecular weight is 351 g/mol. The van der Waals surface area contributed by atoms with Crippen molar-refractivity contribution in [3.63, 3.8) is 0 Å². The third kappa shape index (κ3) is 3.16. The quantitative estimate of drug-likeness (QED) is 0.831. The van der Waals surface area contributed by atoms with E-state index >= 15 is 0 Å². The lowest BCUT2D eigenvalue weighted by Gasteiger charge is -2.23. The molecule has 2 aromatic rings. The first kappa shape index (κ1) is 16.9. The van der Waals surface area contributed by atoms with Gasteiger partial charge in [-0.15, -0.1) is 5.10 Å². The highest BCUT2D eigenvalue weighted by Crippen LogP contribution is 2.34. The minimum absolute atomic E-state index is 0.0133. The standard InChI is InChI=1S/C20H25N5O/c1-20(2,3)17-7-8-18(23-22-17)24-10-14-12-25(13-15(14)11-24)19(26)16-6-4-5-9-21-16/h4-9,14-15H,10-13H2,1-3H3. The molecule has 2 unspecified atom stereocenters. The predicted octanol–water partition coefficient (Wildman–Crippen LogP) is 2.38. The van der Waals surface area contributed by atoms with Crippen molar-refractivity contribution in [3.8, 4) is 0 Å². The molecule has 0 aliphatic carbocycles. The Morgan fingerprint density at radius 3 is 2.27 bits per heavy atom. The lowest BCUT2D eigenvalue weighted by atomic mass is 9.92. The van der Waals surface area contributed by atoms with Gasteiger partial charge in [0.15, 0.2) is 5.82 Å². The van der Waals surface area contributed by atoms with E-state index in [4.69, 9.17) is 0 Å². The van der Waals surface area contributed by atoms with E-state index in [9.17, 15) is 4.79 Å². The van der Waals surface area contributed by atoms with Gasteiger partial charge in [-0.05, 0) is 24.3 Å². The van der Waals surface area contributed by atoms with Crippen LogP contribution in [0.4, 0.5) is 5.82 Å². The van der Waals surface area contributed by atoms with Gasteiger partial charge in [0.05, 0.1) is 5.69 Å². The largest absolute Gasteiger partial charge is 0.354 e. The fraction of sp³-hybridized carbons (Fsp3) is 0.500. The highest BCUT2D eigenvalue weighted by Gasteiger charge is 2.42. The van der Waals surface area contributed by atoms with Crippen LogP contribution in [0.3, 0.4) is 0 Å². The first-order valence-corrected chi connectivity index (χ1v) is 9.21. The Balaban J connectivity index is 1.40. The molecule has 1 amide bonds. The van der Waals surface area contributed by atoms with Crippen molar-refractivity contribution in [3.05, 3.63) is 47.9 Å². The van der Waals surface area contributed by atoms with Crippen molar-refractivity contribution < 1.29 is 4.79 Å². The Hall–Kier alpha value is -2.50. The molecule has 2 atom stereocenters. The van der Waals surface area contributed by atoms with Crippen LogP contribution >= 0.6 is 0 Å². The van der Waals surface area contributed by atoms with Crippen LogP contribution in [-0.2, 0) is 5.41 Å². The highest BCUT2D eigenvalue weighted by molar-refractivity contribution is 5.92. The van der Waals surface area contributed by atoms with Gasteiger partial charge in [0.1, 0.15) is 5.69 Å². The number of hydrogen-bond donors (Lipinski definition) is 0.